The maximum Gasteiger partial charge on any atom is 0.358 e. The Balaban J connectivity index is 2.93. The lowest BCUT2D eigenvalue weighted by Crippen LogP contribution is -2.05. The summed E-state index contributed by atoms with van der Waals surface area (Å²) in [5.74, 6) is -0.602. The van der Waals surface area contributed by atoms with Gasteiger partial charge in [-0.2, -0.15) is 5.10 Å². The number of esters is 1. The number of ether oxygens (including phenoxy) is 1. The van der Waals surface area contributed by atoms with Gasteiger partial charge in [-0.25, -0.2) is 4.79 Å². The Kier molecular flexibility index (Phi) is 2.80. The molecule has 7 heteroatoms. The van der Waals surface area contributed by atoms with E-state index in [1.165, 1.54) is 24.9 Å². The van der Waals surface area contributed by atoms with Crippen molar-refractivity contribution in [2.75, 3.05) is 7.11 Å². The second kappa shape index (κ2) is 3.86. The molecule has 0 amide bonds. The molecule has 7 nitrogen and oxygen atoms in total. The molecule has 1 aromatic rings. The lowest BCUT2D eigenvalue weighted by Gasteiger charge is -1.93. The molecule has 0 aliphatic carbocycles. The Labute approximate surface area is 79.4 Å². The van der Waals surface area contributed by atoms with Crippen LogP contribution in [-0.4, -0.2) is 27.8 Å². The average Bonchev–Trinajstić information content (AvgIpc) is 2.46. The lowest BCUT2D eigenvalue weighted by molar-refractivity contribution is -0.497. The predicted octanol–water partition coefficient (Wildman–Crippen LogP) is -0.0166. The standard InChI is InChI=1S/C7H9N3O4/c1-9-5(4-10(12)13)3-6(8-9)7(11)14-2/h3H,4H2,1-2H3. The first-order valence-electron chi connectivity index (χ1n) is 3.77. The Morgan fingerprint density at radius 1 is 1.79 bits per heavy atom. The zero-order chi connectivity index (χ0) is 10.7. The Bertz CT molecular complexity index is 371. The molecule has 0 aromatic carbocycles. The lowest BCUT2D eigenvalue weighted by atomic mass is 10.3. The summed E-state index contributed by atoms with van der Waals surface area (Å²) in [5.41, 5.74) is 0.433. The van der Waals surface area contributed by atoms with E-state index in [1.54, 1.807) is 0 Å². The summed E-state index contributed by atoms with van der Waals surface area (Å²) in [6.45, 7) is -0.361. The minimum Gasteiger partial charge on any atom is -0.464 e. The van der Waals surface area contributed by atoms with Crippen molar-refractivity contribution in [1.29, 1.82) is 0 Å². The first kappa shape index (κ1) is 10.2. The second-order valence-corrected chi connectivity index (χ2v) is 2.63. The summed E-state index contributed by atoms with van der Waals surface area (Å²) in [4.78, 5) is 20.7. The summed E-state index contributed by atoms with van der Waals surface area (Å²) in [6.07, 6.45) is 0. The molecule has 0 saturated heterocycles. The highest BCUT2D eigenvalue weighted by Gasteiger charge is 2.15. The minimum atomic E-state index is -0.602. The molecule has 0 fully saturated rings. The minimum absolute atomic E-state index is 0.0758. The van der Waals surface area contributed by atoms with Crippen LogP contribution in [-0.2, 0) is 18.3 Å². The fourth-order valence-electron chi connectivity index (χ4n) is 0.990. The Morgan fingerprint density at radius 2 is 2.43 bits per heavy atom. The van der Waals surface area contributed by atoms with E-state index >= 15 is 0 Å². The van der Waals surface area contributed by atoms with Gasteiger partial charge in [-0.15, -0.1) is 0 Å². The third-order valence-corrected chi connectivity index (χ3v) is 1.66. The predicted molar refractivity (Wildman–Crippen MR) is 45.2 cm³/mol. The summed E-state index contributed by atoms with van der Waals surface area (Å²) < 4.78 is 5.71. The first-order chi connectivity index (χ1) is 6.54. The van der Waals surface area contributed by atoms with Crippen LogP contribution in [0, 0.1) is 10.1 Å². The molecule has 1 rings (SSSR count). The van der Waals surface area contributed by atoms with Gasteiger partial charge in [0.15, 0.2) is 5.69 Å². The fourth-order valence-corrected chi connectivity index (χ4v) is 0.990. The van der Waals surface area contributed by atoms with Crippen molar-refractivity contribution >= 4 is 5.97 Å². The Morgan fingerprint density at radius 3 is 2.93 bits per heavy atom. The number of hydrogen-bond donors (Lipinski definition) is 0. The third-order valence-electron chi connectivity index (χ3n) is 1.66. The van der Waals surface area contributed by atoms with Crippen LogP contribution in [0.5, 0.6) is 0 Å². The van der Waals surface area contributed by atoms with Crippen LogP contribution in [0.1, 0.15) is 16.2 Å². The molecule has 0 N–H and O–H groups in total. The van der Waals surface area contributed by atoms with Gasteiger partial charge in [-0.1, -0.05) is 0 Å². The number of aryl methyl sites for hydroxylation is 1. The molecule has 76 valence electrons. The van der Waals surface area contributed by atoms with Crippen molar-refractivity contribution in [3.63, 3.8) is 0 Å². The highest BCUT2D eigenvalue weighted by molar-refractivity contribution is 5.87. The van der Waals surface area contributed by atoms with E-state index in [9.17, 15) is 14.9 Å². The van der Waals surface area contributed by atoms with Crippen LogP contribution in [0.25, 0.3) is 0 Å². The van der Waals surface area contributed by atoms with Crippen LogP contribution in [0.4, 0.5) is 0 Å². The third kappa shape index (κ3) is 2.06. The zero-order valence-electron chi connectivity index (χ0n) is 7.76. The monoisotopic (exact) mass is 199 g/mol. The van der Waals surface area contributed by atoms with E-state index < -0.39 is 10.9 Å². The van der Waals surface area contributed by atoms with Crippen molar-refractivity contribution in [1.82, 2.24) is 9.78 Å². The summed E-state index contributed by atoms with van der Waals surface area (Å²) >= 11 is 0. The number of aromatic nitrogens is 2. The van der Waals surface area contributed by atoms with Gasteiger partial charge in [-0.3, -0.25) is 14.8 Å². The molecular formula is C7H9N3O4. The van der Waals surface area contributed by atoms with Crippen molar-refractivity contribution in [3.8, 4) is 0 Å². The number of rotatable bonds is 3. The van der Waals surface area contributed by atoms with E-state index in [1.807, 2.05) is 0 Å². The molecule has 0 aliphatic heterocycles. The molecule has 0 saturated carbocycles. The molecule has 1 aromatic heterocycles. The van der Waals surface area contributed by atoms with E-state index in [2.05, 4.69) is 9.84 Å². The number of nitro groups is 1. The van der Waals surface area contributed by atoms with Gasteiger partial charge in [0.05, 0.1) is 7.11 Å². The zero-order valence-corrected chi connectivity index (χ0v) is 7.76. The van der Waals surface area contributed by atoms with Crippen LogP contribution in [0.15, 0.2) is 6.07 Å². The van der Waals surface area contributed by atoms with E-state index in [0.29, 0.717) is 5.69 Å². The maximum atomic E-state index is 11.0. The molecule has 0 atom stereocenters. The van der Waals surface area contributed by atoms with E-state index in [0.717, 1.165) is 0 Å². The quantitative estimate of drug-likeness (QED) is 0.388. The largest absolute Gasteiger partial charge is 0.464 e. The van der Waals surface area contributed by atoms with Gasteiger partial charge in [0, 0.05) is 18.0 Å². The molecule has 1 heterocycles. The normalized spacial score (nSPS) is 9.86. The number of carbonyl (C=O) groups excluding carboxylic acids is 1. The van der Waals surface area contributed by atoms with Gasteiger partial charge < -0.3 is 4.74 Å². The highest BCUT2D eigenvalue weighted by Crippen LogP contribution is 2.05. The second-order valence-electron chi connectivity index (χ2n) is 2.63. The van der Waals surface area contributed by atoms with Crippen molar-refractivity contribution < 1.29 is 14.5 Å². The highest BCUT2D eigenvalue weighted by atomic mass is 16.6. The van der Waals surface area contributed by atoms with Gasteiger partial charge in [0.1, 0.15) is 5.69 Å². The van der Waals surface area contributed by atoms with Gasteiger partial charge >= 0.3 is 5.97 Å². The topological polar surface area (TPSA) is 87.3 Å². The fraction of sp³-hybridized carbons (Fsp3) is 0.429. The molecule has 0 aliphatic rings. The van der Waals surface area contributed by atoms with Gasteiger partial charge in [-0.05, 0) is 0 Å². The van der Waals surface area contributed by atoms with Crippen molar-refractivity contribution in [2.45, 2.75) is 6.54 Å². The van der Waals surface area contributed by atoms with Gasteiger partial charge in [0.25, 0.3) is 0 Å². The summed E-state index contributed by atoms with van der Waals surface area (Å²) in [6, 6.07) is 1.34. The number of hydrogen-bond acceptors (Lipinski definition) is 5. The summed E-state index contributed by atoms with van der Waals surface area (Å²) in [7, 11) is 2.76. The van der Waals surface area contributed by atoms with Crippen LogP contribution >= 0.6 is 0 Å². The molecule has 14 heavy (non-hydrogen) atoms. The molecule has 0 radical (unpaired) electrons. The van der Waals surface area contributed by atoms with Gasteiger partial charge in [0.2, 0.25) is 6.54 Å². The average molecular weight is 199 g/mol. The molecule has 0 bridgehead atoms. The van der Waals surface area contributed by atoms with Crippen LogP contribution in [0.3, 0.4) is 0 Å². The molecule has 0 spiro atoms. The number of methoxy groups -OCH3 is 1. The van der Waals surface area contributed by atoms with Crippen LogP contribution in [0.2, 0.25) is 0 Å². The number of carbonyl (C=O) groups is 1. The molecule has 0 unspecified atom stereocenters. The van der Waals surface area contributed by atoms with E-state index in [-0.39, 0.29) is 12.2 Å². The van der Waals surface area contributed by atoms with Crippen LogP contribution < -0.4 is 0 Å². The number of nitrogens with zero attached hydrogens (tertiary/aromatic N) is 3. The Hall–Kier alpha value is -1.92. The van der Waals surface area contributed by atoms with E-state index in [4.69, 9.17) is 0 Å². The summed E-state index contributed by atoms with van der Waals surface area (Å²) in [5, 5.41) is 14.0. The first-order valence-corrected chi connectivity index (χ1v) is 3.77. The maximum absolute atomic E-state index is 11.0. The SMILES string of the molecule is COC(=O)c1cc(C[N+](=O)[O-])n(C)n1. The molecular weight excluding hydrogens is 190 g/mol. The van der Waals surface area contributed by atoms with Crippen molar-refractivity contribution in [3.05, 3.63) is 27.6 Å². The smallest absolute Gasteiger partial charge is 0.358 e. The van der Waals surface area contributed by atoms with Crippen molar-refractivity contribution in [2.24, 2.45) is 7.05 Å².